The fraction of sp³-hybridized carbons (Fsp3) is 0.517. The number of ether oxygens (including phenoxy) is 2. The average molecular weight is 678 g/mol. The number of nitrogens with zero attached hydrogens (tertiary/aromatic N) is 2. The lowest BCUT2D eigenvalue weighted by molar-refractivity contribution is -0.143. The Kier molecular flexibility index (Phi) is 10.7. The van der Waals surface area contributed by atoms with E-state index in [0.29, 0.717) is 37.7 Å². The molecule has 0 unspecified atom stereocenters. The maximum atomic E-state index is 13.3. The molecule has 2 aromatic rings. The number of benzene rings is 2. The molecule has 0 bridgehead atoms. The molecule has 2 atom stereocenters. The minimum absolute atomic E-state index is 0.0500. The summed E-state index contributed by atoms with van der Waals surface area (Å²) in [6, 6.07) is 7.74. The van der Waals surface area contributed by atoms with Gasteiger partial charge in [0.05, 0.1) is 40.9 Å². The third-order valence-electron chi connectivity index (χ3n) is 6.98. The molecule has 0 saturated carbocycles. The van der Waals surface area contributed by atoms with Gasteiger partial charge in [0, 0.05) is 19.4 Å². The van der Waals surface area contributed by atoms with Gasteiger partial charge in [-0.3, -0.25) is 4.79 Å². The van der Waals surface area contributed by atoms with E-state index in [1.54, 1.807) is 52.9 Å². The Morgan fingerprint density at radius 1 is 0.977 bits per heavy atom. The first-order chi connectivity index (χ1) is 19.8. The standard InChI is InChI=1S/C29H38Cl2N2O8S2/c1-8-40-26(34)16-12-21-24(33(42(6,36)37)43(7,38)39)14-11-20-19(18-9-13-22(30)23(31)17-18)10-15-25(27(20)21)32(5)28(35)41-29(2,3)4/h9,11,13-14,17,19,25H,8,10,12,15-16H2,1-7H3/t19-,25-/m0/s1. The number of esters is 1. The van der Waals surface area contributed by atoms with Crippen LogP contribution in [0.3, 0.4) is 0 Å². The third-order valence-corrected chi connectivity index (χ3v) is 10.9. The van der Waals surface area contributed by atoms with Crippen LogP contribution in [0.1, 0.15) is 81.2 Å². The normalized spacial score (nSPS) is 17.1. The Hall–Kier alpha value is -2.54. The van der Waals surface area contributed by atoms with Gasteiger partial charge in [-0.15, -0.1) is 0 Å². The lowest BCUT2D eigenvalue weighted by Crippen LogP contribution is -2.40. The van der Waals surface area contributed by atoms with Crippen LogP contribution in [0.4, 0.5) is 10.5 Å². The molecule has 14 heteroatoms. The fourth-order valence-corrected chi connectivity index (χ4v) is 8.74. The van der Waals surface area contributed by atoms with E-state index in [0.717, 1.165) is 23.6 Å². The second-order valence-electron chi connectivity index (χ2n) is 11.5. The molecule has 43 heavy (non-hydrogen) atoms. The number of hydrogen-bond donors (Lipinski definition) is 0. The molecule has 0 heterocycles. The Morgan fingerprint density at radius 2 is 1.60 bits per heavy atom. The van der Waals surface area contributed by atoms with Crippen LogP contribution < -0.4 is 3.71 Å². The van der Waals surface area contributed by atoms with E-state index in [1.807, 2.05) is 6.07 Å². The van der Waals surface area contributed by atoms with Gasteiger partial charge in [0.1, 0.15) is 5.60 Å². The second-order valence-corrected chi connectivity index (χ2v) is 16.2. The number of hydrogen-bond acceptors (Lipinski definition) is 8. The zero-order chi connectivity index (χ0) is 32.5. The molecule has 1 amide bonds. The summed E-state index contributed by atoms with van der Waals surface area (Å²) in [5, 5.41) is 0.736. The highest BCUT2D eigenvalue weighted by molar-refractivity contribution is 8.09. The van der Waals surface area contributed by atoms with E-state index < -0.39 is 43.8 Å². The largest absolute Gasteiger partial charge is 0.466 e. The van der Waals surface area contributed by atoms with Crippen LogP contribution >= 0.6 is 23.2 Å². The van der Waals surface area contributed by atoms with E-state index in [-0.39, 0.29) is 31.1 Å². The fourth-order valence-electron chi connectivity index (χ4n) is 5.41. The van der Waals surface area contributed by atoms with Gasteiger partial charge in [-0.1, -0.05) is 35.3 Å². The summed E-state index contributed by atoms with van der Waals surface area (Å²) >= 11 is 12.5. The molecule has 3 rings (SSSR count). The molecular weight excluding hydrogens is 639 g/mol. The van der Waals surface area contributed by atoms with E-state index in [1.165, 1.54) is 11.0 Å². The number of anilines is 1. The highest BCUT2D eigenvalue weighted by Gasteiger charge is 2.39. The topological polar surface area (TPSA) is 127 Å². The number of rotatable bonds is 9. The number of halogens is 2. The smallest absolute Gasteiger partial charge is 0.410 e. The lowest BCUT2D eigenvalue weighted by Gasteiger charge is -2.40. The van der Waals surface area contributed by atoms with E-state index >= 15 is 0 Å². The van der Waals surface area contributed by atoms with Crippen molar-refractivity contribution >= 4 is 61.0 Å². The predicted molar refractivity (Wildman–Crippen MR) is 168 cm³/mol. The molecule has 1 aliphatic rings. The van der Waals surface area contributed by atoms with Crippen LogP contribution in [0, 0.1) is 0 Å². The summed E-state index contributed by atoms with van der Waals surface area (Å²) in [5.41, 5.74) is 1.49. The van der Waals surface area contributed by atoms with Crippen molar-refractivity contribution < 1.29 is 35.9 Å². The van der Waals surface area contributed by atoms with Crippen LogP contribution in [0.2, 0.25) is 10.0 Å². The van der Waals surface area contributed by atoms with Gasteiger partial charge in [0.25, 0.3) is 0 Å². The van der Waals surface area contributed by atoms with Gasteiger partial charge in [0.2, 0.25) is 20.0 Å². The van der Waals surface area contributed by atoms with Gasteiger partial charge in [-0.2, -0.15) is 3.71 Å². The van der Waals surface area contributed by atoms with E-state index in [9.17, 15) is 26.4 Å². The number of carbonyl (C=O) groups excluding carboxylic acids is 2. The summed E-state index contributed by atoms with van der Waals surface area (Å²) in [7, 11) is -7.09. The quantitative estimate of drug-likeness (QED) is 0.294. The van der Waals surface area contributed by atoms with Crippen molar-refractivity contribution in [1.29, 1.82) is 0 Å². The number of fused-ring (bicyclic) bond motifs is 1. The molecule has 1 aliphatic carbocycles. The molecule has 0 N–H and O–H groups in total. The minimum atomic E-state index is -4.34. The average Bonchev–Trinajstić information content (AvgIpc) is 2.86. The van der Waals surface area contributed by atoms with E-state index in [4.69, 9.17) is 32.7 Å². The monoisotopic (exact) mass is 676 g/mol. The summed E-state index contributed by atoms with van der Waals surface area (Å²) < 4.78 is 62.8. The first-order valence-corrected chi connectivity index (χ1v) is 18.1. The molecule has 2 aromatic carbocycles. The first-order valence-electron chi connectivity index (χ1n) is 13.7. The number of amides is 1. The maximum absolute atomic E-state index is 13.3. The van der Waals surface area contributed by atoms with Crippen LogP contribution in [0.5, 0.6) is 0 Å². The summed E-state index contributed by atoms with van der Waals surface area (Å²) in [5.74, 6) is -0.793. The summed E-state index contributed by atoms with van der Waals surface area (Å²) in [6.45, 7) is 7.03. The Labute approximate surface area is 264 Å². The SMILES string of the molecule is CCOC(=O)CCc1c(N(S(C)(=O)=O)S(C)(=O)=O)ccc2c1[C@@H](N(C)C(=O)OC(C)(C)C)CC[C@H]2c1ccc(Cl)c(Cl)c1. The molecule has 0 aromatic heterocycles. The predicted octanol–water partition coefficient (Wildman–Crippen LogP) is 6.05. The van der Waals surface area contributed by atoms with Crippen molar-refractivity contribution in [3.8, 4) is 0 Å². The summed E-state index contributed by atoms with van der Waals surface area (Å²) in [6.07, 6.45) is 1.77. The molecular formula is C29H38Cl2N2O8S2. The van der Waals surface area contributed by atoms with Gasteiger partial charge in [0.15, 0.2) is 0 Å². The Bertz CT molecular complexity index is 1570. The number of carbonyl (C=O) groups is 2. The Balaban J connectivity index is 2.38. The highest BCUT2D eigenvalue weighted by Crippen LogP contribution is 2.48. The summed E-state index contributed by atoms with van der Waals surface area (Å²) in [4.78, 5) is 27.2. The molecule has 0 radical (unpaired) electrons. The minimum Gasteiger partial charge on any atom is -0.466 e. The molecule has 0 saturated heterocycles. The van der Waals surface area contributed by atoms with Crippen molar-refractivity contribution in [3.63, 3.8) is 0 Å². The van der Waals surface area contributed by atoms with Crippen LogP contribution in [0.15, 0.2) is 30.3 Å². The van der Waals surface area contributed by atoms with Gasteiger partial charge in [-0.25, -0.2) is 21.6 Å². The van der Waals surface area contributed by atoms with Crippen molar-refractivity contribution in [3.05, 3.63) is 62.6 Å². The van der Waals surface area contributed by atoms with Crippen LogP contribution in [-0.4, -0.2) is 65.6 Å². The van der Waals surface area contributed by atoms with Gasteiger partial charge >= 0.3 is 12.1 Å². The zero-order valence-corrected chi connectivity index (χ0v) is 28.5. The van der Waals surface area contributed by atoms with Crippen molar-refractivity contribution in [2.75, 3.05) is 29.9 Å². The zero-order valence-electron chi connectivity index (χ0n) is 25.3. The highest BCUT2D eigenvalue weighted by atomic mass is 35.5. The molecule has 10 nitrogen and oxygen atoms in total. The first kappa shape index (κ1) is 34.9. The molecule has 0 spiro atoms. The number of sulfonamides is 2. The third kappa shape index (κ3) is 8.34. The molecule has 0 aliphatic heterocycles. The van der Waals surface area contributed by atoms with Crippen molar-refractivity contribution in [1.82, 2.24) is 4.90 Å². The maximum Gasteiger partial charge on any atom is 0.410 e. The van der Waals surface area contributed by atoms with Gasteiger partial charge in [-0.05, 0) is 87.4 Å². The van der Waals surface area contributed by atoms with E-state index in [2.05, 4.69) is 0 Å². The second kappa shape index (κ2) is 13.2. The molecule has 0 fully saturated rings. The molecule has 238 valence electrons. The van der Waals surface area contributed by atoms with Crippen molar-refractivity contribution in [2.45, 2.75) is 70.9 Å². The van der Waals surface area contributed by atoms with Crippen LogP contribution in [0.25, 0.3) is 0 Å². The lowest BCUT2D eigenvalue weighted by atomic mass is 9.74. The van der Waals surface area contributed by atoms with Gasteiger partial charge < -0.3 is 14.4 Å². The van der Waals surface area contributed by atoms with Crippen molar-refractivity contribution in [2.24, 2.45) is 0 Å². The Morgan fingerprint density at radius 3 is 2.14 bits per heavy atom. The van der Waals surface area contributed by atoms with Crippen LogP contribution in [-0.2, 0) is 40.7 Å².